The summed E-state index contributed by atoms with van der Waals surface area (Å²) in [4.78, 5) is 14.0. The molecule has 0 bridgehead atoms. The van der Waals surface area contributed by atoms with Crippen molar-refractivity contribution in [3.63, 3.8) is 0 Å². The molecule has 1 aromatic carbocycles. The molecule has 0 aliphatic rings. The van der Waals surface area contributed by atoms with Gasteiger partial charge in [0, 0.05) is 25.4 Å². The zero-order chi connectivity index (χ0) is 13.4. The molecule has 3 heteroatoms. The summed E-state index contributed by atoms with van der Waals surface area (Å²) in [5.41, 5.74) is 1.15. The molecule has 18 heavy (non-hydrogen) atoms. The molecular weight excluding hydrogens is 246 g/mol. The zero-order valence-corrected chi connectivity index (χ0v) is 12.0. The summed E-state index contributed by atoms with van der Waals surface area (Å²) in [6.07, 6.45) is 1.64. The molecule has 0 fully saturated rings. The van der Waals surface area contributed by atoms with Gasteiger partial charge in [-0.3, -0.25) is 4.79 Å². The number of carbonyl (C=O) groups excluding carboxylic acids is 1. The molecule has 1 amide bonds. The first kappa shape index (κ1) is 15.0. The Balaban J connectivity index is 2.61. The normalized spacial score (nSPS) is 12.2. The highest BCUT2D eigenvalue weighted by molar-refractivity contribution is 6.18. The Morgan fingerprint density at radius 3 is 2.56 bits per heavy atom. The average Bonchev–Trinajstić information content (AvgIpc) is 2.39. The highest BCUT2D eigenvalue weighted by atomic mass is 35.5. The summed E-state index contributed by atoms with van der Waals surface area (Å²) in [6.45, 7) is 5.49. The van der Waals surface area contributed by atoms with Crippen molar-refractivity contribution >= 4 is 17.5 Å². The van der Waals surface area contributed by atoms with Crippen LogP contribution in [-0.4, -0.2) is 23.2 Å². The predicted molar refractivity (Wildman–Crippen MR) is 76.7 cm³/mol. The summed E-state index contributed by atoms with van der Waals surface area (Å²) in [6, 6.07) is 10.0. The maximum Gasteiger partial charge on any atom is 0.223 e. The number of hydrogen-bond acceptors (Lipinski definition) is 1. The van der Waals surface area contributed by atoms with Crippen molar-refractivity contribution in [3.05, 3.63) is 35.9 Å². The third-order valence-corrected chi connectivity index (χ3v) is 3.31. The maximum atomic E-state index is 12.2. The topological polar surface area (TPSA) is 20.3 Å². The zero-order valence-electron chi connectivity index (χ0n) is 11.2. The highest BCUT2D eigenvalue weighted by Crippen LogP contribution is 2.12. The summed E-state index contributed by atoms with van der Waals surface area (Å²) < 4.78 is 0. The Bertz CT molecular complexity index is 353. The second-order valence-electron chi connectivity index (χ2n) is 4.71. The van der Waals surface area contributed by atoms with Crippen molar-refractivity contribution in [2.75, 3.05) is 12.4 Å². The molecule has 0 aliphatic heterocycles. The van der Waals surface area contributed by atoms with Gasteiger partial charge in [0.05, 0.1) is 0 Å². The van der Waals surface area contributed by atoms with Crippen molar-refractivity contribution in [1.82, 2.24) is 4.90 Å². The number of amides is 1. The fourth-order valence-corrected chi connectivity index (χ4v) is 1.97. The Morgan fingerprint density at radius 1 is 1.33 bits per heavy atom. The van der Waals surface area contributed by atoms with E-state index in [1.165, 1.54) is 0 Å². The van der Waals surface area contributed by atoms with Crippen LogP contribution in [0.3, 0.4) is 0 Å². The van der Waals surface area contributed by atoms with E-state index in [9.17, 15) is 4.79 Å². The minimum Gasteiger partial charge on any atom is -0.337 e. The van der Waals surface area contributed by atoms with Crippen molar-refractivity contribution in [2.45, 2.75) is 33.2 Å². The van der Waals surface area contributed by atoms with Gasteiger partial charge in [-0.2, -0.15) is 0 Å². The number of carbonyl (C=O) groups is 1. The molecule has 0 N–H and O–H groups in total. The van der Waals surface area contributed by atoms with Crippen LogP contribution >= 0.6 is 11.6 Å². The fourth-order valence-electron chi connectivity index (χ4n) is 1.77. The number of halogens is 1. The summed E-state index contributed by atoms with van der Waals surface area (Å²) >= 11 is 5.78. The van der Waals surface area contributed by atoms with Gasteiger partial charge in [-0.25, -0.2) is 0 Å². The Hall–Kier alpha value is -1.02. The van der Waals surface area contributed by atoms with E-state index in [2.05, 4.69) is 13.8 Å². The minimum absolute atomic E-state index is 0.203. The van der Waals surface area contributed by atoms with Crippen LogP contribution in [0.5, 0.6) is 0 Å². The van der Waals surface area contributed by atoms with Gasteiger partial charge in [0.15, 0.2) is 0 Å². The van der Waals surface area contributed by atoms with Crippen LogP contribution in [0.25, 0.3) is 0 Å². The van der Waals surface area contributed by atoms with Gasteiger partial charge in [-0.05, 0) is 11.5 Å². The number of nitrogens with zero attached hydrogens (tertiary/aromatic N) is 1. The van der Waals surface area contributed by atoms with Crippen LogP contribution in [0, 0.1) is 5.92 Å². The van der Waals surface area contributed by atoms with Gasteiger partial charge < -0.3 is 4.90 Å². The van der Waals surface area contributed by atoms with Crippen molar-refractivity contribution in [3.8, 4) is 0 Å². The van der Waals surface area contributed by atoms with Crippen LogP contribution in [0.15, 0.2) is 30.3 Å². The molecule has 1 unspecified atom stereocenters. The lowest BCUT2D eigenvalue weighted by molar-refractivity contribution is -0.132. The smallest absolute Gasteiger partial charge is 0.223 e. The largest absolute Gasteiger partial charge is 0.337 e. The number of benzene rings is 1. The van der Waals surface area contributed by atoms with Gasteiger partial charge in [-0.15, -0.1) is 11.6 Å². The van der Waals surface area contributed by atoms with Crippen molar-refractivity contribution in [1.29, 1.82) is 0 Å². The number of alkyl halides is 1. The summed E-state index contributed by atoms with van der Waals surface area (Å²) in [5.74, 6) is 1.12. The molecule has 0 aliphatic carbocycles. The lowest BCUT2D eigenvalue weighted by Gasteiger charge is -2.23. The third-order valence-electron chi connectivity index (χ3n) is 3.14. The van der Waals surface area contributed by atoms with E-state index in [0.717, 1.165) is 12.0 Å². The standard InChI is InChI=1S/C15H22ClNO/c1-3-13(2)11-15(18)17(10-9-16)12-14-7-5-4-6-8-14/h4-8,13H,3,9-12H2,1-2H3. The SMILES string of the molecule is CCC(C)CC(=O)N(CCCl)Cc1ccccc1. The molecule has 2 nitrogen and oxygen atoms in total. The molecule has 0 saturated heterocycles. The molecular formula is C15H22ClNO. The first-order valence-corrected chi connectivity index (χ1v) is 7.08. The van der Waals surface area contributed by atoms with Crippen LogP contribution in [0.2, 0.25) is 0 Å². The molecule has 1 rings (SSSR count). The lowest BCUT2D eigenvalue weighted by atomic mass is 10.0. The Labute approximate surface area is 115 Å². The van der Waals surface area contributed by atoms with E-state index in [1.807, 2.05) is 35.2 Å². The summed E-state index contributed by atoms with van der Waals surface area (Å²) in [5, 5.41) is 0. The molecule has 100 valence electrons. The van der Waals surface area contributed by atoms with E-state index < -0.39 is 0 Å². The molecule has 0 spiro atoms. The molecule has 1 aromatic rings. The minimum atomic E-state index is 0.203. The van der Waals surface area contributed by atoms with Crippen molar-refractivity contribution < 1.29 is 4.79 Å². The maximum absolute atomic E-state index is 12.2. The average molecular weight is 268 g/mol. The van der Waals surface area contributed by atoms with Crippen LogP contribution in [0.1, 0.15) is 32.3 Å². The number of hydrogen-bond donors (Lipinski definition) is 0. The second kappa shape index (κ2) is 8.15. The predicted octanol–water partition coefficient (Wildman–Crippen LogP) is 3.69. The first-order chi connectivity index (χ1) is 8.67. The quantitative estimate of drug-likeness (QED) is 0.690. The molecule has 0 heterocycles. The van der Waals surface area contributed by atoms with E-state index in [0.29, 0.717) is 31.3 Å². The third kappa shape index (κ3) is 5.09. The highest BCUT2D eigenvalue weighted by Gasteiger charge is 2.15. The second-order valence-corrected chi connectivity index (χ2v) is 5.09. The van der Waals surface area contributed by atoms with Gasteiger partial charge in [0.1, 0.15) is 0 Å². The molecule has 0 aromatic heterocycles. The monoisotopic (exact) mass is 267 g/mol. The van der Waals surface area contributed by atoms with E-state index >= 15 is 0 Å². The fraction of sp³-hybridized carbons (Fsp3) is 0.533. The Morgan fingerprint density at radius 2 is 2.00 bits per heavy atom. The van der Waals surface area contributed by atoms with E-state index in [-0.39, 0.29) is 5.91 Å². The van der Waals surface area contributed by atoms with E-state index in [1.54, 1.807) is 0 Å². The summed E-state index contributed by atoms with van der Waals surface area (Å²) in [7, 11) is 0. The van der Waals surface area contributed by atoms with Crippen molar-refractivity contribution in [2.24, 2.45) is 5.92 Å². The molecule has 1 atom stereocenters. The van der Waals surface area contributed by atoms with Crippen LogP contribution in [0.4, 0.5) is 0 Å². The lowest BCUT2D eigenvalue weighted by Crippen LogP contribution is -2.33. The first-order valence-electron chi connectivity index (χ1n) is 6.55. The van der Waals surface area contributed by atoms with Gasteiger partial charge >= 0.3 is 0 Å². The van der Waals surface area contributed by atoms with Gasteiger partial charge in [0.2, 0.25) is 5.91 Å². The molecule has 0 saturated carbocycles. The molecule has 0 radical (unpaired) electrons. The van der Waals surface area contributed by atoms with Gasteiger partial charge in [0.25, 0.3) is 0 Å². The number of rotatable bonds is 7. The van der Waals surface area contributed by atoms with E-state index in [4.69, 9.17) is 11.6 Å². The van der Waals surface area contributed by atoms with Gasteiger partial charge in [-0.1, -0.05) is 50.6 Å². The Kier molecular flexibility index (Phi) is 6.81. The van der Waals surface area contributed by atoms with Crippen LogP contribution < -0.4 is 0 Å². The van der Waals surface area contributed by atoms with Crippen LogP contribution in [-0.2, 0) is 11.3 Å².